The van der Waals surface area contributed by atoms with Gasteiger partial charge in [0.2, 0.25) is 0 Å². The maximum atomic E-state index is 13.3. The quantitative estimate of drug-likeness (QED) is 0.319. The van der Waals surface area contributed by atoms with E-state index in [1.54, 1.807) is 28.3 Å². The Morgan fingerprint density at radius 2 is 1.86 bits per heavy atom. The van der Waals surface area contributed by atoms with Crippen molar-refractivity contribution in [1.82, 2.24) is 19.7 Å². The zero-order valence-electron chi connectivity index (χ0n) is 18.7. The predicted octanol–water partition coefficient (Wildman–Crippen LogP) is 5.92. The lowest BCUT2D eigenvalue weighted by atomic mass is 10.0. The van der Waals surface area contributed by atoms with Crippen LogP contribution in [0.5, 0.6) is 5.75 Å². The van der Waals surface area contributed by atoms with Crippen molar-refractivity contribution in [2.45, 2.75) is 13.5 Å². The van der Waals surface area contributed by atoms with Gasteiger partial charge in [-0.2, -0.15) is 13.9 Å². The number of amides is 1. The van der Waals surface area contributed by atoms with Gasteiger partial charge >= 0.3 is 6.61 Å². The number of alkyl halides is 2. The molecule has 0 atom stereocenters. The molecule has 0 aliphatic heterocycles. The topological polar surface area (TPSA) is 81.9 Å². The Kier molecular flexibility index (Phi) is 5.96. The third-order valence-corrected chi connectivity index (χ3v) is 6.11. The van der Waals surface area contributed by atoms with Crippen molar-refractivity contribution >= 4 is 33.3 Å². The maximum absolute atomic E-state index is 13.3. The first-order valence-electron chi connectivity index (χ1n) is 10.6. The van der Waals surface area contributed by atoms with Crippen LogP contribution in [0.15, 0.2) is 66.2 Å². The maximum Gasteiger partial charge on any atom is 0.387 e. The molecule has 2 aromatic carbocycles. The van der Waals surface area contributed by atoms with E-state index < -0.39 is 6.61 Å². The third kappa shape index (κ3) is 4.73. The van der Waals surface area contributed by atoms with Crippen molar-refractivity contribution in [2.24, 2.45) is 7.05 Å². The molecule has 0 saturated carbocycles. The molecule has 35 heavy (non-hydrogen) atoms. The number of thiazole rings is 1. The summed E-state index contributed by atoms with van der Waals surface area (Å²) in [6.07, 6.45) is 1.87. The molecule has 0 aliphatic rings. The second-order valence-electron chi connectivity index (χ2n) is 7.77. The summed E-state index contributed by atoms with van der Waals surface area (Å²) in [6, 6.07) is 15.4. The van der Waals surface area contributed by atoms with Crippen molar-refractivity contribution in [2.75, 3.05) is 5.32 Å². The Morgan fingerprint density at radius 1 is 1.09 bits per heavy atom. The highest BCUT2D eigenvalue weighted by molar-refractivity contribution is 7.14. The fourth-order valence-electron chi connectivity index (χ4n) is 3.79. The van der Waals surface area contributed by atoms with Gasteiger partial charge in [0.05, 0.1) is 28.2 Å². The summed E-state index contributed by atoms with van der Waals surface area (Å²) in [5.74, 6) is -0.246. The number of fused-ring (bicyclic) bond motifs is 1. The van der Waals surface area contributed by atoms with Crippen LogP contribution in [0.4, 0.5) is 13.9 Å². The van der Waals surface area contributed by atoms with Gasteiger partial charge in [0, 0.05) is 35.1 Å². The number of ether oxygens (including phenoxy) is 1. The largest absolute Gasteiger partial charge is 0.435 e. The van der Waals surface area contributed by atoms with Gasteiger partial charge in [-0.15, -0.1) is 11.3 Å². The number of carbonyl (C=O) groups excluding carboxylic acids is 1. The lowest BCUT2D eigenvalue weighted by molar-refractivity contribution is -0.0498. The smallest absolute Gasteiger partial charge is 0.387 e. The van der Waals surface area contributed by atoms with Crippen molar-refractivity contribution in [1.29, 1.82) is 0 Å². The van der Waals surface area contributed by atoms with E-state index in [1.807, 2.05) is 44.4 Å². The molecule has 1 N–H and O–H groups in total. The van der Waals surface area contributed by atoms with Gasteiger partial charge in [-0.1, -0.05) is 18.2 Å². The van der Waals surface area contributed by atoms with Crippen LogP contribution in [0.25, 0.3) is 33.4 Å². The Labute approximate surface area is 203 Å². The third-order valence-electron chi connectivity index (χ3n) is 5.35. The fourth-order valence-corrected chi connectivity index (χ4v) is 4.50. The predicted molar refractivity (Wildman–Crippen MR) is 131 cm³/mol. The molecule has 1 amide bonds. The molecular formula is C25H19F2N5O2S. The molecule has 0 radical (unpaired) electrons. The van der Waals surface area contributed by atoms with Crippen molar-refractivity contribution < 1.29 is 18.3 Å². The zero-order valence-corrected chi connectivity index (χ0v) is 19.5. The number of hydrogen-bond acceptors (Lipinski definition) is 6. The number of aryl methyl sites for hydroxylation is 2. The van der Waals surface area contributed by atoms with Crippen molar-refractivity contribution in [3.63, 3.8) is 0 Å². The van der Waals surface area contributed by atoms with Gasteiger partial charge in [-0.3, -0.25) is 14.8 Å². The Balaban J connectivity index is 1.43. The highest BCUT2D eigenvalue weighted by atomic mass is 32.1. The van der Waals surface area contributed by atoms with Crippen LogP contribution in [0.3, 0.4) is 0 Å². The fraction of sp³-hybridized carbons (Fsp3) is 0.120. The number of pyridine rings is 1. The van der Waals surface area contributed by atoms with Crippen molar-refractivity contribution in [3.05, 3.63) is 77.4 Å². The minimum atomic E-state index is -2.88. The molecule has 3 heterocycles. The molecule has 5 aromatic rings. The number of para-hydroxylation sites is 1. The standard InChI is InChI=1S/C25H19F2N5O2S/c1-14-19(12-32(2)31-14)21-11-18(17-5-3-4-6-20(17)28-21)23(33)30-25-29-22(13-35-25)15-7-9-16(10-8-15)34-24(26)27/h3-13,24H,1-2H3,(H,29,30,33). The van der Waals surface area contributed by atoms with Gasteiger partial charge in [0.25, 0.3) is 5.91 Å². The van der Waals surface area contributed by atoms with E-state index in [0.29, 0.717) is 33.2 Å². The van der Waals surface area contributed by atoms with Crippen LogP contribution in [0, 0.1) is 6.92 Å². The SMILES string of the molecule is Cc1nn(C)cc1-c1cc(C(=O)Nc2nc(-c3ccc(OC(F)F)cc3)cs2)c2ccccc2n1. The first kappa shape index (κ1) is 22.6. The zero-order chi connectivity index (χ0) is 24.5. The monoisotopic (exact) mass is 491 g/mol. The average molecular weight is 492 g/mol. The number of nitrogens with zero attached hydrogens (tertiary/aromatic N) is 4. The normalized spacial score (nSPS) is 11.2. The number of carbonyl (C=O) groups is 1. The summed E-state index contributed by atoms with van der Waals surface area (Å²) in [6.45, 7) is -0.983. The molecule has 0 fully saturated rings. The molecule has 0 unspecified atom stereocenters. The summed E-state index contributed by atoms with van der Waals surface area (Å²) in [5.41, 5.74) is 4.82. The van der Waals surface area contributed by atoms with Crippen LogP contribution < -0.4 is 10.1 Å². The van der Waals surface area contributed by atoms with Gasteiger partial charge < -0.3 is 4.74 Å². The van der Waals surface area contributed by atoms with Gasteiger partial charge in [-0.25, -0.2) is 9.97 Å². The number of rotatable bonds is 6. The minimum absolute atomic E-state index is 0.0664. The van der Waals surface area contributed by atoms with Crippen LogP contribution >= 0.6 is 11.3 Å². The number of benzene rings is 2. The molecule has 3 aromatic heterocycles. The molecule has 7 nitrogen and oxygen atoms in total. The van der Waals surface area contributed by atoms with E-state index in [-0.39, 0.29) is 11.7 Å². The Bertz CT molecular complexity index is 1530. The molecule has 0 aliphatic carbocycles. The van der Waals surface area contributed by atoms with Gasteiger partial charge in [0.1, 0.15) is 5.75 Å². The van der Waals surface area contributed by atoms with E-state index in [2.05, 4.69) is 20.1 Å². The Hall–Kier alpha value is -4.18. The lowest BCUT2D eigenvalue weighted by Crippen LogP contribution is -2.13. The van der Waals surface area contributed by atoms with Crippen molar-refractivity contribution in [3.8, 4) is 28.3 Å². The first-order chi connectivity index (χ1) is 16.9. The summed E-state index contributed by atoms with van der Waals surface area (Å²) in [7, 11) is 1.84. The van der Waals surface area contributed by atoms with E-state index >= 15 is 0 Å². The highest BCUT2D eigenvalue weighted by Gasteiger charge is 2.17. The van der Waals surface area contributed by atoms with E-state index in [1.165, 1.54) is 23.5 Å². The van der Waals surface area contributed by atoms with Crippen LogP contribution in [-0.4, -0.2) is 32.3 Å². The number of aromatic nitrogens is 4. The van der Waals surface area contributed by atoms with Gasteiger partial charge in [0.15, 0.2) is 5.13 Å². The first-order valence-corrected chi connectivity index (χ1v) is 11.5. The number of halogens is 2. The summed E-state index contributed by atoms with van der Waals surface area (Å²) in [5, 5.41) is 10.2. The second-order valence-corrected chi connectivity index (χ2v) is 8.63. The highest BCUT2D eigenvalue weighted by Crippen LogP contribution is 2.30. The molecule has 5 rings (SSSR count). The molecule has 0 bridgehead atoms. The van der Waals surface area contributed by atoms with E-state index in [4.69, 9.17) is 4.98 Å². The summed E-state index contributed by atoms with van der Waals surface area (Å²) < 4.78 is 30.8. The molecule has 176 valence electrons. The minimum Gasteiger partial charge on any atom is -0.435 e. The van der Waals surface area contributed by atoms with Crippen LogP contribution in [0.2, 0.25) is 0 Å². The average Bonchev–Trinajstić information content (AvgIpc) is 3.44. The second kappa shape index (κ2) is 9.22. The number of anilines is 1. The molecule has 10 heteroatoms. The summed E-state index contributed by atoms with van der Waals surface area (Å²) in [4.78, 5) is 22.5. The van der Waals surface area contributed by atoms with Gasteiger partial charge in [-0.05, 0) is 43.3 Å². The lowest BCUT2D eigenvalue weighted by Gasteiger charge is -2.09. The van der Waals surface area contributed by atoms with E-state index in [9.17, 15) is 13.6 Å². The van der Waals surface area contributed by atoms with E-state index in [0.717, 1.165) is 16.6 Å². The molecular weight excluding hydrogens is 472 g/mol. The molecule has 0 spiro atoms. The number of nitrogens with one attached hydrogen (secondary N) is 1. The Morgan fingerprint density at radius 3 is 2.57 bits per heavy atom. The summed E-state index contributed by atoms with van der Waals surface area (Å²) >= 11 is 1.27. The number of hydrogen-bond donors (Lipinski definition) is 1. The molecule has 0 saturated heterocycles. The van der Waals surface area contributed by atoms with Crippen LogP contribution in [0.1, 0.15) is 16.1 Å². The van der Waals surface area contributed by atoms with Crippen LogP contribution in [-0.2, 0) is 7.05 Å².